The van der Waals surface area contributed by atoms with Gasteiger partial charge in [-0.05, 0) is 57.9 Å². The van der Waals surface area contributed by atoms with Gasteiger partial charge in [-0.3, -0.25) is 9.59 Å². The van der Waals surface area contributed by atoms with Crippen molar-refractivity contribution in [2.24, 2.45) is 11.8 Å². The number of nitrogens with one attached hydrogen (secondary N) is 1. The Kier molecular flexibility index (Phi) is 5.57. The molecule has 3 aliphatic rings. The molecule has 0 bridgehead atoms. The number of amides is 2. The maximum Gasteiger partial charge on any atom is 0.225 e. The van der Waals surface area contributed by atoms with Gasteiger partial charge in [0.25, 0.3) is 0 Å². The molecular formula is C18H31N3O2. The fraction of sp³-hybridized carbons (Fsp3) is 0.889. The first-order valence-corrected chi connectivity index (χ1v) is 9.43. The van der Waals surface area contributed by atoms with E-state index in [1.54, 1.807) is 0 Å². The van der Waals surface area contributed by atoms with Crippen molar-refractivity contribution in [3.8, 4) is 0 Å². The maximum absolute atomic E-state index is 12.7. The van der Waals surface area contributed by atoms with Gasteiger partial charge in [0.15, 0.2) is 0 Å². The van der Waals surface area contributed by atoms with Gasteiger partial charge in [-0.25, -0.2) is 0 Å². The first kappa shape index (κ1) is 16.7. The van der Waals surface area contributed by atoms with E-state index in [1.165, 1.54) is 0 Å². The topological polar surface area (TPSA) is 52.7 Å². The normalized spacial score (nSPS) is 30.6. The van der Waals surface area contributed by atoms with Gasteiger partial charge < -0.3 is 15.1 Å². The van der Waals surface area contributed by atoms with Gasteiger partial charge in [-0.1, -0.05) is 0 Å². The van der Waals surface area contributed by atoms with Gasteiger partial charge >= 0.3 is 0 Å². The van der Waals surface area contributed by atoms with Crippen LogP contribution in [0.4, 0.5) is 0 Å². The van der Waals surface area contributed by atoms with E-state index in [-0.39, 0.29) is 5.92 Å². The second-order valence-electron chi connectivity index (χ2n) is 7.64. The summed E-state index contributed by atoms with van der Waals surface area (Å²) in [4.78, 5) is 28.8. The number of hydrogen-bond acceptors (Lipinski definition) is 3. The number of carbonyl (C=O) groups is 2. The van der Waals surface area contributed by atoms with Gasteiger partial charge in [0, 0.05) is 44.6 Å². The van der Waals surface area contributed by atoms with Gasteiger partial charge in [0.2, 0.25) is 11.8 Å². The van der Waals surface area contributed by atoms with Gasteiger partial charge in [-0.2, -0.15) is 0 Å². The van der Waals surface area contributed by atoms with E-state index in [4.69, 9.17) is 0 Å². The molecule has 3 fully saturated rings. The molecule has 0 aliphatic carbocycles. The molecule has 1 N–H and O–H groups in total. The van der Waals surface area contributed by atoms with Gasteiger partial charge in [0.05, 0.1) is 0 Å². The van der Waals surface area contributed by atoms with Crippen molar-refractivity contribution in [2.75, 3.05) is 32.7 Å². The number of carbonyl (C=O) groups excluding carboxylic acids is 2. The van der Waals surface area contributed by atoms with Crippen molar-refractivity contribution in [1.82, 2.24) is 15.1 Å². The summed E-state index contributed by atoms with van der Waals surface area (Å²) in [6, 6.07) is 0.459. The highest BCUT2D eigenvalue weighted by Gasteiger charge is 2.31. The van der Waals surface area contributed by atoms with E-state index in [1.807, 2.05) is 0 Å². The van der Waals surface area contributed by atoms with Crippen LogP contribution < -0.4 is 5.32 Å². The lowest BCUT2D eigenvalue weighted by Crippen LogP contribution is -2.48. The van der Waals surface area contributed by atoms with Crippen LogP contribution >= 0.6 is 0 Å². The van der Waals surface area contributed by atoms with E-state index in [0.29, 0.717) is 23.8 Å². The highest BCUT2D eigenvalue weighted by atomic mass is 16.2. The fourth-order valence-electron chi connectivity index (χ4n) is 4.32. The van der Waals surface area contributed by atoms with E-state index >= 15 is 0 Å². The van der Waals surface area contributed by atoms with Crippen molar-refractivity contribution >= 4 is 11.8 Å². The van der Waals surface area contributed by atoms with Crippen LogP contribution in [-0.2, 0) is 9.59 Å². The first-order chi connectivity index (χ1) is 11.1. The van der Waals surface area contributed by atoms with Crippen LogP contribution in [0, 0.1) is 11.8 Å². The van der Waals surface area contributed by atoms with Gasteiger partial charge in [0.1, 0.15) is 0 Å². The lowest BCUT2D eigenvalue weighted by Gasteiger charge is -2.38. The molecule has 0 spiro atoms. The molecule has 3 aliphatic heterocycles. The second-order valence-corrected chi connectivity index (χ2v) is 7.64. The molecule has 3 saturated heterocycles. The summed E-state index contributed by atoms with van der Waals surface area (Å²) in [5, 5.41) is 3.42. The first-order valence-electron chi connectivity index (χ1n) is 9.43. The third-order valence-corrected chi connectivity index (χ3v) is 5.80. The van der Waals surface area contributed by atoms with Gasteiger partial charge in [-0.15, -0.1) is 0 Å². The van der Waals surface area contributed by atoms with Crippen LogP contribution in [0.1, 0.15) is 51.9 Å². The minimum atomic E-state index is 0.214. The number of piperidine rings is 3. The van der Waals surface area contributed by atoms with Crippen molar-refractivity contribution in [3.63, 3.8) is 0 Å². The lowest BCUT2D eigenvalue weighted by molar-refractivity contribution is -0.139. The monoisotopic (exact) mass is 321 g/mol. The number of rotatable bonds is 3. The van der Waals surface area contributed by atoms with E-state index in [0.717, 1.165) is 77.7 Å². The summed E-state index contributed by atoms with van der Waals surface area (Å²) in [6.07, 6.45) is 6.98. The van der Waals surface area contributed by atoms with Crippen molar-refractivity contribution in [1.29, 1.82) is 0 Å². The molecule has 0 aromatic heterocycles. The molecule has 3 rings (SSSR count). The second kappa shape index (κ2) is 7.65. The molecule has 130 valence electrons. The fourth-order valence-corrected chi connectivity index (χ4v) is 4.32. The summed E-state index contributed by atoms with van der Waals surface area (Å²) in [6.45, 7) is 6.73. The molecule has 5 heteroatoms. The zero-order valence-corrected chi connectivity index (χ0v) is 14.4. The Bertz CT molecular complexity index is 432. The number of likely N-dealkylation sites (tertiary alicyclic amines) is 2. The van der Waals surface area contributed by atoms with Crippen molar-refractivity contribution in [2.45, 2.75) is 57.9 Å². The molecule has 23 heavy (non-hydrogen) atoms. The zero-order chi connectivity index (χ0) is 16.2. The third kappa shape index (κ3) is 4.25. The lowest BCUT2D eigenvalue weighted by atomic mass is 9.89. The SMILES string of the molecule is C[C@H]1C[C@@H](C(=O)N2CCC(CN3CCCCC3=O)CC2)CCN1. The summed E-state index contributed by atoms with van der Waals surface area (Å²) in [5.74, 6) is 1.49. The quantitative estimate of drug-likeness (QED) is 0.859. The highest BCUT2D eigenvalue weighted by molar-refractivity contribution is 5.79. The Hall–Kier alpha value is -1.10. The molecule has 3 heterocycles. The minimum absolute atomic E-state index is 0.214. The largest absolute Gasteiger partial charge is 0.342 e. The smallest absolute Gasteiger partial charge is 0.225 e. The van der Waals surface area contributed by atoms with E-state index in [2.05, 4.69) is 22.0 Å². The van der Waals surface area contributed by atoms with E-state index < -0.39 is 0 Å². The van der Waals surface area contributed by atoms with Crippen LogP contribution in [0.15, 0.2) is 0 Å². The van der Waals surface area contributed by atoms with Crippen molar-refractivity contribution in [3.05, 3.63) is 0 Å². The summed E-state index contributed by atoms with van der Waals surface area (Å²) in [5.41, 5.74) is 0. The molecule has 0 saturated carbocycles. The molecule has 0 radical (unpaired) electrons. The molecular weight excluding hydrogens is 290 g/mol. The van der Waals surface area contributed by atoms with Crippen LogP contribution in [0.3, 0.4) is 0 Å². The maximum atomic E-state index is 12.7. The van der Waals surface area contributed by atoms with Crippen LogP contribution in [-0.4, -0.2) is 60.4 Å². The number of hydrogen-bond donors (Lipinski definition) is 1. The average molecular weight is 321 g/mol. The molecule has 0 unspecified atom stereocenters. The Morgan fingerprint density at radius 3 is 2.65 bits per heavy atom. The third-order valence-electron chi connectivity index (χ3n) is 5.80. The summed E-state index contributed by atoms with van der Waals surface area (Å²) >= 11 is 0. The van der Waals surface area contributed by atoms with Crippen LogP contribution in [0.2, 0.25) is 0 Å². The van der Waals surface area contributed by atoms with Crippen LogP contribution in [0.5, 0.6) is 0 Å². The predicted octanol–water partition coefficient (Wildman–Crippen LogP) is 1.63. The molecule has 0 aromatic carbocycles. The summed E-state index contributed by atoms with van der Waals surface area (Å²) < 4.78 is 0. The molecule has 5 nitrogen and oxygen atoms in total. The van der Waals surface area contributed by atoms with Crippen molar-refractivity contribution < 1.29 is 9.59 Å². The van der Waals surface area contributed by atoms with E-state index in [9.17, 15) is 9.59 Å². The molecule has 0 aromatic rings. The predicted molar refractivity (Wildman–Crippen MR) is 89.9 cm³/mol. The number of nitrogens with zero attached hydrogens (tertiary/aromatic N) is 2. The zero-order valence-electron chi connectivity index (χ0n) is 14.4. The Morgan fingerprint density at radius 1 is 1.17 bits per heavy atom. The summed E-state index contributed by atoms with van der Waals surface area (Å²) in [7, 11) is 0. The average Bonchev–Trinajstić information content (AvgIpc) is 2.57. The Labute approximate surface area is 139 Å². The Balaban J connectivity index is 1.44. The Morgan fingerprint density at radius 2 is 1.96 bits per heavy atom. The molecule has 2 atom stereocenters. The molecule has 2 amide bonds. The highest BCUT2D eigenvalue weighted by Crippen LogP contribution is 2.25. The van der Waals surface area contributed by atoms with Crippen LogP contribution in [0.25, 0.3) is 0 Å². The standard InChI is InChI=1S/C18H31N3O2/c1-14-12-16(5-8-19-14)18(23)20-10-6-15(7-11-20)13-21-9-3-2-4-17(21)22/h14-16,19H,2-13H2,1H3/t14-,16-/m0/s1. The minimum Gasteiger partial charge on any atom is -0.342 e.